The second-order valence-corrected chi connectivity index (χ2v) is 8.61. The minimum Gasteiger partial charge on any atom is -0.493 e. The Kier molecular flexibility index (Phi) is 5.81. The number of nitrogens with zero attached hydrogens (tertiary/aromatic N) is 5. The van der Waals surface area contributed by atoms with Gasteiger partial charge < -0.3 is 14.4 Å². The molecule has 0 saturated carbocycles. The van der Waals surface area contributed by atoms with Crippen molar-refractivity contribution in [2.75, 3.05) is 32.2 Å². The van der Waals surface area contributed by atoms with Crippen LogP contribution in [0.25, 0.3) is 28.0 Å². The fourth-order valence-corrected chi connectivity index (χ4v) is 4.75. The highest BCUT2D eigenvalue weighted by Gasteiger charge is 2.22. The van der Waals surface area contributed by atoms with E-state index in [-0.39, 0.29) is 0 Å². The minimum atomic E-state index is 0.527. The maximum atomic E-state index is 6.70. The van der Waals surface area contributed by atoms with Crippen LogP contribution in [0.15, 0.2) is 42.5 Å². The molecule has 0 N–H and O–H groups in total. The predicted molar refractivity (Wildman–Crippen MR) is 129 cm³/mol. The summed E-state index contributed by atoms with van der Waals surface area (Å²) < 4.78 is 13.2. The zero-order chi connectivity index (χ0) is 22.9. The van der Waals surface area contributed by atoms with Gasteiger partial charge in [0.2, 0.25) is 5.95 Å². The van der Waals surface area contributed by atoms with Crippen LogP contribution in [0.3, 0.4) is 0 Å². The molecule has 3 heterocycles. The van der Waals surface area contributed by atoms with Crippen molar-refractivity contribution in [1.82, 2.24) is 15.2 Å². The molecule has 0 unspecified atom stereocenters. The van der Waals surface area contributed by atoms with E-state index in [0.717, 1.165) is 53.7 Å². The number of pyridine rings is 1. The van der Waals surface area contributed by atoms with E-state index in [9.17, 15) is 0 Å². The van der Waals surface area contributed by atoms with Crippen LogP contribution in [0, 0.1) is 6.92 Å². The fourth-order valence-electron chi connectivity index (χ4n) is 4.53. The largest absolute Gasteiger partial charge is 0.493 e. The lowest BCUT2D eigenvalue weighted by Crippen LogP contribution is -2.39. The van der Waals surface area contributed by atoms with Crippen LogP contribution in [-0.2, 0) is 0 Å². The van der Waals surface area contributed by atoms with Gasteiger partial charge in [0.15, 0.2) is 11.5 Å². The second-order valence-electron chi connectivity index (χ2n) is 8.20. The van der Waals surface area contributed by atoms with E-state index < -0.39 is 0 Å². The van der Waals surface area contributed by atoms with Gasteiger partial charge in [0.25, 0.3) is 5.95 Å². The number of benzene rings is 2. The summed E-state index contributed by atoms with van der Waals surface area (Å²) in [6.07, 6.45) is 3.55. The summed E-state index contributed by atoms with van der Waals surface area (Å²) >= 11 is 6.70. The summed E-state index contributed by atoms with van der Waals surface area (Å²) in [5.74, 6) is 2.52. The van der Waals surface area contributed by atoms with Gasteiger partial charge in [-0.3, -0.25) is 4.57 Å². The standard InChI is InChI=1S/C25H26ClN5O2/c1-16-13-17-14-21(32-2)22(33-3)15-19(17)23(18-9-5-6-10-20(18)26)31(16)25-27-24(28-29-25)30-11-7-4-8-12-30/h5-6,9-10,13-15H,4,7-8,11-12H2,1-3H3. The SMILES string of the molecule is COc1cc2cc(C)[n+](-c3nnc(N4CCCCC4)[n-]3)c(-c3ccccc3Cl)c2cc1OC. The third kappa shape index (κ3) is 3.86. The molecule has 1 aliphatic rings. The number of ether oxygens (including phenoxy) is 2. The van der Waals surface area contributed by atoms with Gasteiger partial charge in [-0.05, 0) is 55.8 Å². The maximum absolute atomic E-state index is 6.70. The second kappa shape index (κ2) is 8.90. The normalized spacial score (nSPS) is 14.0. The Hall–Kier alpha value is -3.32. The van der Waals surface area contributed by atoms with Crippen molar-refractivity contribution in [3.63, 3.8) is 0 Å². The fraction of sp³-hybridized carbons (Fsp3) is 0.320. The summed E-state index contributed by atoms with van der Waals surface area (Å²) in [5.41, 5.74) is 2.72. The van der Waals surface area contributed by atoms with Gasteiger partial charge in [-0.2, -0.15) is 4.98 Å². The van der Waals surface area contributed by atoms with Crippen molar-refractivity contribution >= 4 is 28.3 Å². The number of methoxy groups -OCH3 is 2. The summed E-state index contributed by atoms with van der Waals surface area (Å²) in [6, 6.07) is 13.8. The first-order chi connectivity index (χ1) is 16.1. The van der Waals surface area contributed by atoms with E-state index in [1.165, 1.54) is 6.42 Å². The number of aryl methyl sites for hydroxylation is 1. The summed E-state index contributed by atoms with van der Waals surface area (Å²) in [6.45, 7) is 3.95. The third-order valence-electron chi connectivity index (χ3n) is 6.15. The molecule has 33 heavy (non-hydrogen) atoms. The lowest BCUT2D eigenvalue weighted by molar-refractivity contribution is -0.597. The van der Waals surface area contributed by atoms with Crippen LogP contribution in [0.2, 0.25) is 5.02 Å². The number of hydrogen-bond donors (Lipinski definition) is 0. The van der Waals surface area contributed by atoms with Crippen molar-refractivity contribution < 1.29 is 14.0 Å². The number of piperidine rings is 1. The lowest BCUT2D eigenvalue weighted by Gasteiger charge is -2.24. The van der Waals surface area contributed by atoms with E-state index in [1.807, 2.05) is 47.9 Å². The molecule has 7 nitrogen and oxygen atoms in total. The first-order valence-electron chi connectivity index (χ1n) is 11.1. The molecule has 0 amide bonds. The molecule has 4 aromatic rings. The Morgan fingerprint density at radius 1 is 0.970 bits per heavy atom. The smallest absolute Gasteiger partial charge is 0.257 e. The van der Waals surface area contributed by atoms with E-state index in [2.05, 4.69) is 21.2 Å². The molecule has 1 aliphatic heterocycles. The number of halogens is 1. The monoisotopic (exact) mass is 463 g/mol. The Labute approximate surface area is 197 Å². The van der Waals surface area contributed by atoms with Gasteiger partial charge in [0.05, 0.1) is 19.9 Å². The Bertz CT molecular complexity index is 1310. The third-order valence-corrected chi connectivity index (χ3v) is 6.48. The molecule has 170 valence electrons. The lowest BCUT2D eigenvalue weighted by atomic mass is 10.0. The van der Waals surface area contributed by atoms with Crippen LogP contribution >= 0.6 is 11.6 Å². The van der Waals surface area contributed by atoms with Crippen molar-refractivity contribution in [3.05, 3.63) is 53.2 Å². The van der Waals surface area contributed by atoms with Gasteiger partial charge in [-0.1, -0.05) is 29.8 Å². The topological polar surface area (TPSA) is 65.5 Å². The molecule has 0 atom stereocenters. The molecule has 8 heteroatoms. The van der Waals surface area contributed by atoms with Gasteiger partial charge in [-0.15, -0.1) is 10.2 Å². The Morgan fingerprint density at radius 3 is 2.42 bits per heavy atom. The highest BCUT2D eigenvalue weighted by atomic mass is 35.5. The first-order valence-corrected chi connectivity index (χ1v) is 11.5. The van der Waals surface area contributed by atoms with E-state index >= 15 is 0 Å². The van der Waals surface area contributed by atoms with Crippen molar-refractivity contribution in [2.24, 2.45) is 0 Å². The first kappa shape index (κ1) is 21.5. The predicted octanol–water partition coefficient (Wildman–Crippen LogP) is 4.50. The van der Waals surface area contributed by atoms with E-state index in [0.29, 0.717) is 28.4 Å². The summed E-state index contributed by atoms with van der Waals surface area (Å²) in [7, 11) is 3.27. The average molecular weight is 464 g/mol. The van der Waals surface area contributed by atoms with Gasteiger partial charge >= 0.3 is 0 Å². The number of anilines is 1. The highest BCUT2D eigenvalue weighted by molar-refractivity contribution is 6.33. The number of rotatable bonds is 5. The van der Waals surface area contributed by atoms with Crippen LogP contribution in [0.1, 0.15) is 25.0 Å². The molecular formula is C25H26ClN5O2. The summed E-state index contributed by atoms with van der Waals surface area (Å²) in [4.78, 5) is 7.04. The quantitative estimate of drug-likeness (QED) is 0.406. The number of aromatic nitrogens is 4. The molecular weight excluding hydrogens is 438 g/mol. The molecule has 0 bridgehead atoms. The number of hydrogen-bond acceptors (Lipinski definition) is 5. The Morgan fingerprint density at radius 2 is 1.70 bits per heavy atom. The molecule has 5 rings (SSSR count). The zero-order valence-electron chi connectivity index (χ0n) is 19.0. The minimum absolute atomic E-state index is 0.527. The molecule has 0 spiro atoms. The molecule has 1 fully saturated rings. The van der Waals surface area contributed by atoms with Crippen LogP contribution in [-0.4, -0.2) is 37.5 Å². The zero-order valence-corrected chi connectivity index (χ0v) is 19.8. The van der Waals surface area contributed by atoms with Gasteiger partial charge in [0, 0.05) is 34.8 Å². The molecule has 1 saturated heterocycles. The maximum Gasteiger partial charge on any atom is 0.257 e. The highest BCUT2D eigenvalue weighted by Crippen LogP contribution is 2.38. The molecule has 0 radical (unpaired) electrons. The van der Waals surface area contributed by atoms with Crippen molar-refractivity contribution in [2.45, 2.75) is 26.2 Å². The van der Waals surface area contributed by atoms with E-state index in [1.54, 1.807) is 14.2 Å². The Balaban J connectivity index is 1.78. The van der Waals surface area contributed by atoms with E-state index in [4.69, 9.17) is 26.1 Å². The van der Waals surface area contributed by atoms with Gasteiger partial charge in [0.1, 0.15) is 0 Å². The molecule has 2 aromatic carbocycles. The number of fused-ring (bicyclic) bond motifs is 1. The van der Waals surface area contributed by atoms with Crippen LogP contribution < -0.4 is 23.9 Å². The van der Waals surface area contributed by atoms with Crippen LogP contribution in [0.5, 0.6) is 11.5 Å². The molecule has 2 aromatic heterocycles. The van der Waals surface area contributed by atoms with Crippen LogP contribution in [0.4, 0.5) is 5.95 Å². The van der Waals surface area contributed by atoms with Crippen molar-refractivity contribution in [1.29, 1.82) is 0 Å². The summed E-state index contributed by atoms with van der Waals surface area (Å²) in [5, 5.41) is 11.5. The average Bonchev–Trinajstić information content (AvgIpc) is 3.33. The molecule has 0 aliphatic carbocycles. The van der Waals surface area contributed by atoms with Gasteiger partial charge in [-0.25, -0.2) is 0 Å². The van der Waals surface area contributed by atoms with Crippen molar-refractivity contribution in [3.8, 4) is 28.7 Å².